The molecule has 0 radical (unpaired) electrons. The van der Waals surface area contributed by atoms with Gasteiger partial charge in [0.15, 0.2) is 0 Å². The van der Waals surface area contributed by atoms with Crippen LogP contribution in [0, 0.1) is 12.8 Å². The van der Waals surface area contributed by atoms with E-state index in [0.717, 1.165) is 5.56 Å². The molecule has 0 aliphatic rings. The van der Waals surface area contributed by atoms with Gasteiger partial charge in [-0.15, -0.1) is 0 Å². The molecule has 0 fully saturated rings. The number of carbonyl (C=O) groups is 1. The van der Waals surface area contributed by atoms with Crippen molar-refractivity contribution in [2.75, 3.05) is 26.7 Å². The summed E-state index contributed by atoms with van der Waals surface area (Å²) in [6.07, 6.45) is 0. The highest BCUT2D eigenvalue weighted by Gasteiger charge is 2.18. The lowest BCUT2D eigenvalue weighted by Gasteiger charge is -2.27. The van der Waals surface area contributed by atoms with E-state index in [0.29, 0.717) is 25.6 Å². The van der Waals surface area contributed by atoms with Gasteiger partial charge in [-0.05, 0) is 25.5 Å². The van der Waals surface area contributed by atoms with Gasteiger partial charge in [0.25, 0.3) is 0 Å². The molecule has 0 heterocycles. The van der Waals surface area contributed by atoms with Crippen LogP contribution >= 0.6 is 0 Å². The van der Waals surface area contributed by atoms with E-state index in [1.165, 1.54) is 5.56 Å². The molecular formula is C16H27N3O. The molecule has 0 bridgehead atoms. The Bertz CT molecular complexity index is 431. The molecule has 3 N–H and O–H groups in total. The van der Waals surface area contributed by atoms with Crippen LogP contribution in [0.4, 0.5) is 0 Å². The zero-order valence-corrected chi connectivity index (χ0v) is 13.0. The Morgan fingerprint density at radius 3 is 2.65 bits per heavy atom. The van der Waals surface area contributed by atoms with E-state index in [9.17, 15) is 4.79 Å². The van der Waals surface area contributed by atoms with E-state index in [-0.39, 0.29) is 11.9 Å². The molecule has 1 aromatic carbocycles. The lowest BCUT2D eigenvalue weighted by Crippen LogP contribution is -2.40. The maximum absolute atomic E-state index is 11.9. The lowest BCUT2D eigenvalue weighted by atomic mass is 10.0. The summed E-state index contributed by atoms with van der Waals surface area (Å²) < 4.78 is 0. The quantitative estimate of drug-likeness (QED) is 0.797. The number of aryl methyl sites for hydroxylation is 1. The number of rotatable bonds is 7. The van der Waals surface area contributed by atoms with Crippen LogP contribution in [0.5, 0.6) is 0 Å². The number of nitrogens with two attached hydrogens (primary N) is 1. The van der Waals surface area contributed by atoms with Crippen LogP contribution in [0.3, 0.4) is 0 Å². The highest BCUT2D eigenvalue weighted by Crippen LogP contribution is 2.18. The minimum absolute atomic E-state index is 0.0484. The second kappa shape index (κ2) is 8.02. The number of likely N-dealkylation sites (N-methyl/N-ethyl adjacent to an activating group) is 1. The summed E-state index contributed by atoms with van der Waals surface area (Å²) >= 11 is 0. The summed E-state index contributed by atoms with van der Waals surface area (Å²) in [7, 11) is 1.94. The van der Waals surface area contributed by atoms with Crippen LogP contribution in [0.2, 0.25) is 0 Å². The predicted octanol–water partition coefficient (Wildman–Crippen LogP) is 1.70. The Morgan fingerprint density at radius 2 is 2.10 bits per heavy atom. The molecule has 1 aromatic rings. The Hall–Kier alpha value is -1.39. The van der Waals surface area contributed by atoms with Crippen molar-refractivity contribution in [1.29, 1.82) is 0 Å². The molecule has 4 nitrogen and oxygen atoms in total. The summed E-state index contributed by atoms with van der Waals surface area (Å²) in [6, 6.07) is 8.35. The minimum atomic E-state index is 0.0484. The zero-order valence-electron chi connectivity index (χ0n) is 13.0. The highest BCUT2D eigenvalue weighted by molar-refractivity contribution is 5.78. The van der Waals surface area contributed by atoms with Gasteiger partial charge >= 0.3 is 0 Å². The van der Waals surface area contributed by atoms with Crippen molar-refractivity contribution in [3.63, 3.8) is 0 Å². The van der Waals surface area contributed by atoms with Crippen molar-refractivity contribution in [2.24, 2.45) is 11.7 Å². The first-order valence-corrected chi connectivity index (χ1v) is 7.17. The fourth-order valence-corrected chi connectivity index (χ4v) is 2.16. The van der Waals surface area contributed by atoms with Gasteiger partial charge in [-0.2, -0.15) is 0 Å². The summed E-state index contributed by atoms with van der Waals surface area (Å²) in [5.74, 6) is 0.513. The monoisotopic (exact) mass is 277 g/mol. The number of nitrogens with one attached hydrogen (secondary N) is 1. The van der Waals surface area contributed by atoms with Crippen LogP contribution in [-0.2, 0) is 4.79 Å². The summed E-state index contributed by atoms with van der Waals surface area (Å²) in [6.45, 7) is 7.80. The summed E-state index contributed by atoms with van der Waals surface area (Å²) in [5, 5.41) is 2.93. The molecular weight excluding hydrogens is 250 g/mol. The number of amides is 1. The molecule has 20 heavy (non-hydrogen) atoms. The molecule has 112 valence electrons. The van der Waals surface area contributed by atoms with Crippen LogP contribution in [0.15, 0.2) is 24.3 Å². The van der Waals surface area contributed by atoms with Crippen LogP contribution < -0.4 is 11.1 Å². The van der Waals surface area contributed by atoms with Gasteiger partial charge in [0.05, 0.1) is 6.54 Å². The van der Waals surface area contributed by atoms with Crippen molar-refractivity contribution in [2.45, 2.75) is 26.8 Å². The molecule has 0 aliphatic carbocycles. The molecule has 1 unspecified atom stereocenters. The van der Waals surface area contributed by atoms with Gasteiger partial charge in [0, 0.05) is 19.1 Å². The predicted molar refractivity (Wildman–Crippen MR) is 83.5 cm³/mol. The van der Waals surface area contributed by atoms with Gasteiger partial charge in [0.2, 0.25) is 5.91 Å². The van der Waals surface area contributed by atoms with Crippen LogP contribution in [-0.4, -0.2) is 37.5 Å². The Balaban J connectivity index is 2.63. The molecule has 0 saturated heterocycles. The number of benzene rings is 1. The van der Waals surface area contributed by atoms with E-state index in [1.54, 1.807) is 0 Å². The van der Waals surface area contributed by atoms with E-state index in [4.69, 9.17) is 5.73 Å². The van der Waals surface area contributed by atoms with Crippen molar-refractivity contribution < 1.29 is 4.79 Å². The lowest BCUT2D eigenvalue weighted by molar-refractivity contribution is -0.122. The Kier molecular flexibility index (Phi) is 6.68. The standard InChI is InChI=1S/C16H27N3O/c1-12(2)10-18-16(20)11-19(4)15(9-17)14-7-5-6-13(3)8-14/h5-8,12,15H,9-11,17H2,1-4H3,(H,18,20). The van der Waals surface area contributed by atoms with E-state index in [1.807, 2.05) is 18.0 Å². The SMILES string of the molecule is Cc1cccc(C(CN)N(C)CC(=O)NCC(C)C)c1. The second-order valence-electron chi connectivity index (χ2n) is 5.78. The number of nitrogens with zero attached hydrogens (tertiary/aromatic N) is 1. The first-order valence-electron chi connectivity index (χ1n) is 7.17. The van der Waals surface area contributed by atoms with E-state index < -0.39 is 0 Å². The van der Waals surface area contributed by atoms with E-state index in [2.05, 4.69) is 44.3 Å². The smallest absolute Gasteiger partial charge is 0.234 e. The van der Waals surface area contributed by atoms with Gasteiger partial charge < -0.3 is 11.1 Å². The molecule has 1 rings (SSSR count). The normalized spacial score (nSPS) is 12.8. The third-order valence-electron chi connectivity index (χ3n) is 3.28. The summed E-state index contributed by atoms with van der Waals surface area (Å²) in [4.78, 5) is 13.9. The largest absolute Gasteiger partial charge is 0.355 e. The molecule has 1 atom stereocenters. The second-order valence-corrected chi connectivity index (χ2v) is 5.78. The van der Waals surface area contributed by atoms with Gasteiger partial charge in [-0.25, -0.2) is 0 Å². The first-order chi connectivity index (χ1) is 9.43. The molecule has 0 aliphatic heterocycles. The number of hydrogen-bond donors (Lipinski definition) is 2. The minimum Gasteiger partial charge on any atom is -0.355 e. The number of hydrogen-bond acceptors (Lipinski definition) is 3. The molecule has 4 heteroatoms. The van der Waals surface area contributed by atoms with Crippen molar-refractivity contribution >= 4 is 5.91 Å². The first kappa shape index (κ1) is 16.7. The number of carbonyl (C=O) groups excluding carboxylic acids is 1. The zero-order chi connectivity index (χ0) is 15.1. The molecule has 0 saturated carbocycles. The average molecular weight is 277 g/mol. The average Bonchev–Trinajstić information content (AvgIpc) is 2.37. The fourth-order valence-electron chi connectivity index (χ4n) is 2.16. The van der Waals surface area contributed by atoms with Crippen LogP contribution in [0.25, 0.3) is 0 Å². The van der Waals surface area contributed by atoms with Gasteiger partial charge in [-0.3, -0.25) is 9.69 Å². The topological polar surface area (TPSA) is 58.4 Å². The van der Waals surface area contributed by atoms with Gasteiger partial charge in [0.1, 0.15) is 0 Å². The third kappa shape index (κ3) is 5.31. The molecule has 0 aromatic heterocycles. The van der Waals surface area contributed by atoms with Crippen molar-refractivity contribution in [1.82, 2.24) is 10.2 Å². The molecule has 1 amide bonds. The third-order valence-corrected chi connectivity index (χ3v) is 3.28. The van der Waals surface area contributed by atoms with Crippen molar-refractivity contribution in [3.8, 4) is 0 Å². The highest BCUT2D eigenvalue weighted by atomic mass is 16.2. The van der Waals surface area contributed by atoms with Crippen LogP contribution in [0.1, 0.15) is 31.0 Å². The fraction of sp³-hybridized carbons (Fsp3) is 0.562. The van der Waals surface area contributed by atoms with Crippen molar-refractivity contribution in [3.05, 3.63) is 35.4 Å². The van der Waals surface area contributed by atoms with E-state index >= 15 is 0 Å². The summed E-state index contributed by atoms with van der Waals surface area (Å²) in [5.41, 5.74) is 8.25. The Labute approximate surface area is 122 Å². The molecule has 0 spiro atoms. The van der Waals surface area contributed by atoms with Gasteiger partial charge in [-0.1, -0.05) is 43.7 Å². The Morgan fingerprint density at radius 1 is 1.40 bits per heavy atom. The maximum Gasteiger partial charge on any atom is 0.234 e. The maximum atomic E-state index is 11.9.